The fourth-order valence-corrected chi connectivity index (χ4v) is 2.04. The molecule has 2 heterocycles. The number of aliphatic hydroxyl groups is 1. The summed E-state index contributed by atoms with van der Waals surface area (Å²) in [6.45, 7) is 1.19. The third kappa shape index (κ3) is 2.03. The molecule has 1 fully saturated rings. The SMILES string of the molecule is NNc1cc(N2CCCC2CO)ccn1. The van der Waals surface area contributed by atoms with E-state index in [1.165, 1.54) is 0 Å². The van der Waals surface area contributed by atoms with Gasteiger partial charge in [-0.2, -0.15) is 0 Å². The first-order valence-corrected chi connectivity index (χ1v) is 5.15. The maximum Gasteiger partial charge on any atom is 0.141 e. The van der Waals surface area contributed by atoms with Crippen molar-refractivity contribution in [2.24, 2.45) is 5.84 Å². The average molecular weight is 208 g/mol. The molecule has 1 aliphatic rings. The summed E-state index contributed by atoms with van der Waals surface area (Å²) in [5.74, 6) is 5.95. The van der Waals surface area contributed by atoms with Gasteiger partial charge in [-0.3, -0.25) is 0 Å². The number of hydrogen-bond donors (Lipinski definition) is 3. The van der Waals surface area contributed by atoms with Crippen molar-refractivity contribution in [3.05, 3.63) is 18.3 Å². The first kappa shape index (κ1) is 10.2. The van der Waals surface area contributed by atoms with Crippen LogP contribution in [-0.2, 0) is 0 Å². The standard InChI is InChI=1S/C10H16N4O/c11-13-10-6-8(3-4-12-10)14-5-1-2-9(14)7-15/h3-4,6,9,15H,1-2,5,7,11H2,(H,12,13). The minimum Gasteiger partial charge on any atom is -0.394 e. The molecule has 2 rings (SSSR count). The van der Waals surface area contributed by atoms with Crippen LogP contribution in [0.4, 0.5) is 11.5 Å². The lowest BCUT2D eigenvalue weighted by molar-refractivity contribution is 0.266. The highest BCUT2D eigenvalue weighted by molar-refractivity contribution is 5.54. The Labute approximate surface area is 88.9 Å². The van der Waals surface area contributed by atoms with E-state index in [4.69, 9.17) is 5.84 Å². The highest BCUT2D eigenvalue weighted by atomic mass is 16.3. The summed E-state index contributed by atoms with van der Waals surface area (Å²) < 4.78 is 0. The Morgan fingerprint density at radius 2 is 2.53 bits per heavy atom. The minimum absolute atomic E-state index is 0.202. The Bertz CT molecular complexity index is 331. The number of nitrogens with zero attached hydrogens (tertiary/aromatic N) is 2. The molecule has 1 saturated heterocycles. The molecular weight excluding hydrogens is 192 g/mol. The molecule has 4 N–H and O–H groups in total. The summed E-state index contributed by atoms with van der Waals surface area (Å²) in [5, 5.41) is 9.23. The Kier molecular flexibility index (Phi) is 3.03. The molecule has 0 amide bonds. The maximum atomic E-state index is 9.23. The van der Waals surface area contributed by atoms with Gasteiger partial charge in [-0.15, -0.1) is 0 Å². The molecule has 5 nitrogen and oxygen atoms in total. The third-order valence-corrected chi connectivity index (χ3v) is 2.81. The number of rotatable bonds is 3. The third-order valence-electron chi connectivity index (χ3n) is 2.81. The van der Waals surface area contributed by atoms with Crippen molar-refractivity contribution in [3.8, 4) is 0 Å². The van der Waals surface area contributed by atoms with Crippen LogP contribution in [0, 0.1) is 0 Å². The number of hydrogen-bond acceptors (Lipinski definition) is 5. The van der Waals surface area contributed by atoms with Crippen molar-refractivity contribution in [2.75, 3.05) is 23.5 Å². The van der Waals surface area contributed by atoms with Gasteiger partial charge in [0.25, 0.3) is 0 Å². The number of hydrazine groups is 1. The molecular formula is C10H16N4O. The van der Waals surface area contributed by atoms with Crippen LogP contribution in [0.2, 0.25) is 0 Å². The van der Waals surface area contributed by atoms with Gasteiger partial charge in [-0.25, -0.2) is 10.8 Å². The Morgan fingerprint density at radius 3 is 3.27 bits per heavy atom. The lowest BCUT2D eigenvalue weighted by Gasteiger charge is -2.25. The number of nitrogens with two attached hydrogens (primary N) is 1. The molecule has 82 valence electrons. The van der Waals surface area contributed by atoms with Crippen LogP contribution in [0.5, 0.6) is 0 Å². The summed E-state index contributed by atoms with van der Waals surface area (Å²) in [4.78, 5) is 6.25. The number of pyridine rings is 1. The number of nitrogen functional groups attached to an aromatic ring is 1. The smallest absolute Gasteiger partial charge is 0.141 e. The van der Waals surface area contributed by atoms with Crippen molar-refractivity contribution in [1.82, 2.24) is 4.98 Å². The molecule has 0 spiro atoms. The van der Waals surface area contributed by atoms with Gasteiger partial charge >= 0.3 is 0 Å². The van der Waals surface area contributed by atoms with Gasteiger partial charge in [0.1, 0.15) is 5.82 Å². The first-order valence-electron chi connectivity index (χ1n) is 5.15. The quantitative estimate of drug-likeness (QED) is 0.493. The zero-order valence-electron chi connectivity index (χ0n) is 8.56. The minimum atomic E-state index is 0.202. The van der Waals surface area contributed by atoms with Gasteiger partial charge in [-0.05, 0) is 18.9 Å². The van der Waals surface area contributed by atoms with Crippen LogP contribution >= 0.6 is 0 Å². The van der Waals surface area contributed by atoms with E-state index in [9.17, 15) is 5.11 Å². The van der Waals surface area contributed by atoms with E-state index in [1.807, 2.05) is 12.1 Å². The van der Waals surface area contributed by atoms with Crippen LogP contribution in [0.3, 0.4) is 0 Å². The average Bonchev–Trinajstić information content (AvgIpc) is 2.77. The number of aromatic nitrogens is 1. The monoisotopic (exact) mass is 208 g/mol. The van der Waals surface area contributed by atoms with Gasteiger partial charge in [-0.1, -0.05) is 0 Å². The molecule has 1 unspecified atom stereocenters. The van der Waals surface area contributed by atoms with Gasteiger partial charge in [0.2, 0.25) is 0 Å². The van der Waals surface area contributed by atoms with Crippen molar-refractivity contribution >= 4 is 11.5 Å². The molecule has 5 heteroatoms. The Hall–Kier alpha value is -1.33. The van der Waals surface area contributed by atoms with E-state index in [0.717, 1.165) is 25.1 Å². The second kappa shape index (κ2) is 4.46. The van der Waals surface area contributed by atoms with Gasteiger partial charge in [0.15, 0.2) is 0 Å². The van der Waals surface area contributed by atoms with Crippen LogP contribution in [0.1, 0.15) is 12.8 Å². The molecule has 1 aromatic rings. The second-order valence-electron chi connectivity index (χ2n) is 3.72. The van der Waals surface area contributed by atoms with Crippen molar-refractivity contribution < 1.29 is 5.11 Å². The van der Waals surface area contributed by atoms with Crippen LogP contribution in [0.15, 0.2) is 18.3 Å². The summed E-state index contributed by atoms with van der Waals surface area (Å²) >= 11 is 0. The van der Waals surface area contributed by atoms with E-state index in [0.29, 0.717) is 5.82 Å². The van der Waals surface area contributed by atoms with E-state index in [2.05, 4.69) is 15.3 Å². The molecule has 0 saturated carbocycles. The summed E-state index contributed by atoms with van der Waals surface area (Å²) in [6, 6.07) is 4.07. The molecule has 0 radical (unpaired) electrons. The number of anilines is 2. The molecule has 15 heavy (non-hydrogen) atoms. The Morgan fingerprint density at radius 1 is 1.67 bits per heavy atom. The van der Waals surface area contributed by atoms with Crippen LogP contribution in [0.25, 0.3) is 0 Å². The van der Waals surface area contributed by atoms with E-state index >= 15 is 0 Å². The predicted octanol–water partition coefficient (Wildman–Crippen LogP) is 0.328. The van der Waals surface area contributed by atoms with E-state index in [-0.39, 0.29) is 12.6 Å². The first-order chi connectivity index (χ1) is 7.35. The lowest BCUT2D eigenvalue weighted by Crippen LogP contribution is -2.32. The fraction of sp³-hybridized carbons (Fsp3) is 0.500. The predicted molar refractivity (Wildman–Crippen MR) is 59.5 cm³/mol. The number of nitrogens with one attached hydrogen (secondary N) is 1. The Balaban J connectivity index is 2.20. The van der Waals surface area contributed by atoms with Crippen LogP contribution in [-0.4, -0.2) is 29.3 Å². The lowest BCUT2D eigenvalue weighted by atomic mass is 10.2. The van der Waals surface area contributed by atoms with Gasteiger partial charge in [0, 0.05) is 24.5 Å². The topological polar surface area (TPSA) is 74.4 Å². The molecule has 0 aliphatic carbocycles. The second-order valence-corrected chi connectivity index (χ2v) is 3.72. The number of aliphatic hydroxyl groups excluding tert-OH is 1. The molecule has 1 aliphatic heterocycles. The summed E-state index contributed by atoms with van der Waals surface area (Å²) in [6.07, 6.45) is 3.89. The van der Waals surface area contributed by atoms with Crippen molar-refractivity contribution in [3.63, 3.8) is 0 Å². The molecule has 0 bridgehead atoms. The van der Waals surface area contributed by atoms with Crippen LogP contribution < -0.4 is 16.2 Å². The summed E-state index contributed by atoms with van der Waals surface area (Å²) in [7, 11) is 0. The normalized spacial score (nSPS) is 20.7. The van der Waals surface area contributed by atoms with Gasteiger partial charge in [0.05, 0.1) is 12.6 Å². The zero-order valence-corrected chi connectivity index (χ0v) is 8.56. The van der Waals surface area contributed by atoms with E-state index in [1.54, 1.807) is 6.20 Å². The van der Waals surface area contributed by atoms with E-state index < -0.39 is 0 Å². The highest BCUT2D eigenvalue weighted by Gasteiger charge is 2.23. The highest BCUT2D eigenvalue weighted by Crippen LogP contribution is 2.26. The molecule has 1 aromatic heterocycles. The summed E-state index contributed by atoms with van der Waals surface area (Å²) in [5.41, 5.74) is 3.59. The molecule has 0 aromatic carbocycles. The largest absolute Gasteiger partial charge is 0.394 e. The van der Waals surface area contributed by atoms with Crippen molar-refractivity contribution in [2.45, 2.75) is 18.9 Å². The van der Waals surface area contributed by atoms with Gasteiger partial charge < -0.3 is 15.4 Å². The van der Waals surface area contributed by atoms with Crippen molar-refractivity contribution in [1.29, 1.82) is 0 Å². The fourth-order valence-electron chi connectivity index (χ4n) is 2.04. The maximum absolute atomic E-state index is 9.23. The zero-order chi connectivity index (χ0) is 10.7. The molecule has 1 atom stereocenters.